The molecule has 1 saturated heterocycles. The predicted octanol–water partition coefficient (Wildman–Crippen LogP) is 1.05. The van der Waals surface area contributed by atoms with E-state index in [-0.39, 0.29) is 18.3 Å². The lowest BCUT2D eigenvalue weighted by molar-refractivity contribution is 0.00578. The summed E-state index contributed by atoms with van der Waals surface area (Å²) in [4.78, 5) is 0. The molecule has 0 saturated carbocycles. The summed E-state index contributed by atoms with van der Waals surface area (Å²) in [6.45, 7) is 8.59. The second-order valence-corrected chi connectivity index (χ2v) is 6.74. The molecule has 110 valence electrons. The van der Waals surface area contributed by atoms with E-state index in [2.05, 4.69) is 5.10 Å². The number of rotatable bonds is 4. The van der Waals surface area contributed by atoms with Crippen LogP contribution in [0, 0.1) is 0 Å². The van der Waals surface area contributed by atoms with Gasteiger partial charge in [-0.25, -0.2) is 9.35 Å². The molecule has 0 spiro atoms. The molecule has 1 aromatic heterocycles. The van der Waals surface area contributed by atoms with Crippen molar-refractivity contribution in [1.82, 2.24) is 9.78 Å². The van der Waals surface area contributed by atoms with E-state index in [0.717, 1.165) is 0 Å². The number of nitrogens with zero attached hydrogens (tertiary/aromatic N) is 2. The van der Waals surface area contributed by atoms with Crippen molar-refractivity contribution in [2.45, 2.75) is 50.5 Å². The second kappa shape index (κ2) is 5.44. The van der Waals surface area contributed by atoms with Gasteiger partial charge in [0.2, 0.25) is 0 Å². The molecule has 2 rings (SSSR count). The first-order valence-corrected chi connectivity index (χ1v) is 7.64. The predicted molar refractivity (Wildman–Crippen MR) is 78.0 cm³/mol. The molecule has 0 radical (unpaired) electrons. The van der Waals surface area contributed by atoms with Gasteiger partial charge in [0.05, 0.1) is 17.7 Å². The van der Waals surface area contributed by atoms with Crippen molar-refractivity contribution in [1.29, 1.82) is 0 Å². The Bertz CT molecular complexity index is 526. The average Bonchev–Trinajstić information content (AvgIpc) is 2.83. The average molecular weight is 297 g/mol. The van der Waals surface area contributed by atoms with Crippen LogP contribution in [-0.2, 0) is 26.8 Å². The van der Waals surface area contributed by atoms with Crippen LogP contribution < -0.4 is 5.14 Å². The Labute approximate surface area is 122 Å². The Morgan fingerprint density at radius 3 is 2.50 bits per heavy atom. The van der Waals surface area contributed by atoms with Crippen LogP contribution in [0.15, 0.2) is 29.3 Å². The molecule has 1 unspecified atom stereocenters. The van der Waals surface area contributed by atoms with E-state index in [4.69, 9.17) is 14.4 Å². The van der Waals surface area contributed by atoms with Crippen LogP contribution >= 0.6 is 0 Å². The zero-order valence-corrected chi connectivity index (χ0v) is 13.0. The Morgan fingerprint density at radius 1 is 1.40 bits per heavy atom. The summed E-state index contributed by atoms with van der Waals surface area (Å²) in [5, 5.41) is 9.71. The molecular weight excluding hydrogens is 277 g/mol. The largest absolute Gasteiger partial charge is 0.486 e. The first-order chi connectivity index (χ1) is 9.21. The van der Waals surface area contributed by atoms with Crippen LogP contribution in [0.5, 0.6) is 0 Å². The fourth-order valence-electron chi connectivity index (χ4n) is 1.80. The quantitative estimate of drug-likeness (QED) is 0.843. The summed E-state index contributed by atoms with van der Waals surface area (Å²) in [6.07, 6.45) is 3.63. The summed E-state index contributed by atoms with van der Waals surface area (Å²) < 4.78 is 24.4. The lowest BCUT2D eigenvalue weighted by Crippen LogP contribution is -2.41. The van der Waals surface area contributed by atoms with Gasteiger partial charge in [-0.1, -0.05) is 12.1 Å². The number of nitrogens with two attached hydrogens (primary N) is 1. The Kier molecular flexibility index (Phi) is 4.20. The highest BCUT2D eigenvalue weighted by molar-refractivity contribution is 7.82. The lowest BCUT2D eigenvalue weighted by Gasteiger charge is -2.32. The van der Waals surface area contributed by atoms with Crippen molar-refractivity contribution in [2.75, 3.05) is 0 Å². The van der Waals surface area contributed by atoms with Crippen molar-refractivity contribution < 1.29 is 13.5 Å². The van der Waals surface area contributed by atoms with E-state index < -0.39 is 11.0 Å². The molecule has 20 heavy (non-hydrogen) atoms. The van der Waals surface area contributed by atoms with Crippen LogP contribution in [0.2, 0.25) is 0 Å². The first kappa shape index (κ1) is 15.4. The minimum absolute atomic E-state index is 0.336. The van der Waals surface area contributed by atoms with Gasteiger partial charge in [0.25, 0.3) is 0 Å². The summed E-state index contributed by atoms with van der Waals surface area (Å²) in [7, 11) is -1.90. The van der Waals surface area contributed by atoms with Crippen LogP contribution in [0.1, 0.15) is 27.7 Å². The molecule has 0 aromatic carbocycles. The smallest absolute Gasteiger partial charge is 0.400 e. The van der Waals surface area contributed by atoms with E-state index in [1.54, 1.807) is 16.9 Å². The van der Waals surface area contributed by atoms with E-state index in [1.807, 2.05) is 39.7 Å². The Hall–Kier alpha value is -0.955. The Morgan fingerprint density at radius 2 is 2.00 bits per heavy atom. The van der Waals surface area contributed by atoms with Gasteiger partial charge in [0.15, 0.2) is 5.03 Å². The molecule has 1 aliphatic rings. The SMILES string of the molecule is CC1(C)OB(/C=C/Cn2ccc(S(N)=O)n2)OC1(C)C. The Balaban J connectivity index is 1.93. The maximum Gasteiger partial charge on any atom is 0.486 e. The molecule has 8 heteroatoms. The summed E-state index contributed by atoms with van der Waals surface area (Å²) in [5.74, 6) is 1.86. The molecule has 2 N–H and O–H groups in total. The molecule has 0 amide bonds. The monoisotopic (exact) mass is 297 g/mol. The van der Waals surface area contributed by atoms with Gasteiger partial charge in [0.1, 0.15) is 11.0 Å². The van der Waals surface area contributed by atoms with Gasteiger partial charge in [-0.15, -0.1) is 0 Å². The molecule has 1 aliphatic heterocycles. The fourth-order valence-corrected chi connectivity index (χ4v) is 2.18. The molecular formula is C12H20BN3O3S. The first-order valence-electron chi connectivity index (χ1n) is 6.43. The highest BCUT2D eigenvalue weighted by Crippen LogP contribution is 2.36. The third kappa shape index (κ3) is 3.20. The molecule has 0 aliphatic carbocycles. The standard InChI is InChI=1S/C12H20BN3O3S/c1-11(2)12(3,4)19-13(18-11)7-5-8-16-9-6-10(15-16)20(14)17/h5-7,9H,8,14H2,1-4H3/b7-5+. The van der Waals surface area contributed by atoms with Gasteiger partial charge in [-0.3, -0.25) is 4.68 Å². The van der Waals surface area contributed by atoms with Gasteiger partial charge >= 0.3 is 7.12 Å². The van der Waals surface area contributed by atoms with Gasteiger partial charge in [-0.05, 0) is 33.8 Å². The zero-order valence-electron chi connectivity index (χ0n) is 12.2. The number of hydrogen-bond acceptors (Lipinski definition) is 4. The van der Waals surface area contributed by atoms with E-state index in [9.17, 15) is 4.21 Å². The third-order valence-electron chi connectivity index (χ3n) is 3.68. The molecule has 1 atom stereocenters. The normalized spacial score (nSPS) is 22.6. The molecule has 1 fully saturated rings. The number of allylic oxidation sites excluding steroid dienone is 1. The molecule has 6 nitrogen and oxygen atoms in total. The molecule has 2 heterocycles. The third-order valence-corrected chi connectivity index (χ3v) is 4.31. The number of aromatic nitrogens is 2. The minimum Gasteiger partial charge on any atom is -0.400 e. The van der Waals surface area contributed by atoms with Crippen LogP contribution in [-0.4, -0.2) is 32.3 Å². The number of hydrogen-bond donors (Lipinski definition) is 1. The van der Waals surface area contributed by atoms with Crippen molar-refractivity contribution in [3.63, 3.8) is 0 Å². The molecule has 1 aromatic rings. The maximum absolute atomic E-state index is 11.0. The van der Waals surface area contributed by atoms with Crippen LogP contribution in [0.3, 0.4) is 0 Å². The maximum atomic E-state index is 11.0. The van der Waals surface area contributed by atoms with Gasteiger partial charge < -0.3 is 9.31 Å². The van der Waals surface area contributed by atoms with Crippen molar-refractivity contribution in [2.24, 2.45) is 5.14 Å². The van der Waals surface area contributed by atoms with Gasteiger partial charge in [0, 0.05) is 6.20 Å². The van der Waals surface area contributed by atoms with E-state index in [0.29, 0.717) is 11.6 Å². The molecule has 0 bridgehead atoms. The van der Waals surface area contributed by atoms with E-state index in [1.165, 1.54) is 0 Å². The van der Waals surface area contributed by atoms with Crippen LogP contribution in [0.25, 0.3) is 0 Å². The van der Waals surface area contributed by atoms with Crippen molar-refractivity contribution >= 4 is 18.1 Å². The van der Waals surface area contributed by atoms with Crippen LogP contribution in [0.4, 0.5) is 0 Å². The van der Waals surface area contributed by atoms with E-state index >= 15 is 0 Å². The highest BCUT2D eigenvalue weighted by Gasteiger charge is 2.49. The summed E-state index contributed by atoms with van der Waals surface area (Å²) in [6, 6.07) is 1.64. The summed E-state index contributed by atoms with van der Waals surface area (Å²) in [5.41, 5.74) is -0.672. The topological polar surface area (TPSA) is 79.4 Å². The van der Waals surface area contributed by atoms with Crippen molar-refractivity contribution in [3.8, 4) is 0 Å². The summed E-state index contributed by atoms with van der Waals surface area (Å²) >= 11 is 0. The zero-order chi connectivity index (χ0) is 15.0. The lowest BCUT2D eigenvalue weighted by atomic mass is 9.90. The van der Waals surface area contributed by atoms with Crippen molar-refractivity contribution in [3.05, 3.63) is 24.3 Å². The second-order valence-electron chi connectivity index (χ2n) is 5.73. The van der Waals surface area contributed by atoms with Gasteiger partial charge in [-0.2, -0.15) is 5.10 Å². The fraction of sp³-hybridized carbons (Fsp3) is 0.583. The highest BCUT2D eigenvalue weighted by atomic mass is 32.2. The minimum atomic E-state index is -1.54.